The van der Waals surface area contributed by atoms with Crippen LogP contribution in [-0.2, 0) is 6.54 Å². The fourth-order valence-electron chi connectivity index (χ4n) is 1.78. The summed E-state index contributed by atoms with van der Waals surface area (Å²) in [6, 6.07) is 4.20. The molecule has 0 N–H and O–H groups in total. The van der Waals surface area contributed by atoms with Gasteiger partial charge in [-0.05, 0) is 43.7 Å². The average Bonchev–Trinajstić information content (AvgIpc) is 2.25. The first-order valence-electron chi connectivity index (χ1n) is 5.52. The number of benzene rings is 1. The third kappa shape index (κ3) is 3.16. The van der Waals surface area contributed by atoms with Gasteiger partial charge in [-0.15, -0.1) is 0 Å². The first-order chi connectivity index (χ1) is 7.60. The molecule has 0 spiro atoms. The molecule has 90 valence electrons. The van der Waals surface area contributed by atoms with Gasteiger partial charge in [0.15, 0.2) is 0 Å². The van der Waals surface area contributed by atoms with Crippen LogP contribution in [0.25, 0.3) is 0 Å². The van der Waals surface area contributed by atoms with Crippen molar-refractivity contribution in [1.82, 2.24) is 4.90 Å². The average molecular weight is 239 g/mol. The second-order valence-electron chi connectivity index (χ2n) is 4.14. The zero-order valence-corrected chi connectivity index (χ0v) is 11.5. The Morgan fingerprint density at radius 1 is 1.25 bits per heavy atom. The van der Waals surface area contributed by atoms with Gasteiger partial charge in [-0.2, -0.15) is 12.6 Å². The van der Waals surface area contributed by atoms with E-state index in [0.29, 0.717) is 0 Å². The Balaban J connectivity index is 2.86. The molecule has 3 heteroatoms. The molecule has 1 rings (SSSR count). The van der Waals surface area contributed by atoms with Crippen LogP contribution in [0.2, 0.25) is 0 Å². The second kappa shape index (κ2) is 6.16. The maximum Gasteiger partial charge on any atom is 0.122 e. The summed E-state index contributed by atoms with van der Waals surface area (Å²) < 4.78 is 5.31. The Morgan fingerprint density at radius 3 is 2.50 bits per heavy atom. The van der Waals surface area contributed by atoms with Gasteiger partial charge < -0.3 is 9.64 Å². The van der Waals surface area contributed by atoms with E-state index in [0.717, 1.165) is 24.6 Å². The van der Waals surface area contributed by atoms with Crippen molar-refractivity contribution in [3.63, 3.8) is 0 Å². The predicted octanol–water partition coefficient (Wildman–Crippen LogP) is 2.67. The van der Waals surface area contributed by atoms with Crippen LogP contribution in [-0.4, -0.2) is 31.4 Å². The number of hydrogen-bond donors (Lipinski definition) is 1. The lowest BCUT2D eigenvalue weighted by Crippen LogP contribution is -2.20. The molecule has 0 radical (unpaired) electrons. The van der Waals surface area contributed by atoms with Crippen LogP contribution in [0.1, 0.15) is 16.7 Å². The SMILES string of the molecule is COc1ccc(CN(C)CCS)c(C)c1C. The molecule has 0 aliphatic rings. The maximum atomic E-state index is 5.31. The number of rotatable bonds is 5. The van der Waals surface area contributed by atoms with E-state index in [1.807, 2.05) is 6.07 Å². The highest BCUT2D eigenvalue weighted by atomic mass is 32.1. The molecule has 2 nitrogen and oxygen atoms in total. The molecule has 0 atom stereocenters. The van der Waals surface area contributed by atoms with Crippen LogP contribution in [0.3, 0.4) is 0 Å². The maximum absolute atomic E-state index is 5.31. The normalized spacial score (nSPS) is 10.9. The summed E-state index contributed by atoms with van der Waals surface area (Å²) in [5.74, 6) is 1.86. The summed E-state index contributed by atoms with van der Waals surface area (Å²) in [4.78, 5) is 2.28. The molecule has 0 fully saturated rings. The Kier molecular flexibility index (Phi) is 5.16. The fraction of sp³-hybridized carbons (Fsp3) is 0.538. The Hall–Kier alpha value is -0.670. The number of methoxy groups -OCH3 is 1. The molecule has 0 aromatic heterocycles. The van der Waals surface area contributed by atoms with Crippen molar-refractivity contribution in [2.75, 3.05) is 26.5 Å². The molecule has 0 heterocycles. The molecule has 0 saturated carbocycles. The van der Waals surface area contributed by atoms with Crippen LogP contribution in [0.4, 0.5) is 0 Å². The lowest BCUT2D eigenvalue weighted by atomic mass is 10.0. The third-order valence-corrected chi connectivity index (χ3v) is 3.19. The summed E-state index contributed by atoms with van der Waals surface area (Å²) in [6.45, 7) is 6.24. The molecule has 0 aliphatic carbocycles. The first kappa shape index (κ1) is 13.4. The van der Waals surface area contributed by atoms with E-state index in [2.05, 4.69) is 44.5 Å². The number of nitrogens with zero attached hydrogens (tertiary/aromatic N) is 1. The second-order valence-corrected chi connectivity index (χ2v) is 4.59. The van der Waals surface area contributed by atoms with Gasteiger partial charge in [0.25, 0.3) is 0 Å². The van der Waals surface area contributed by atoms with E-state index in [9.17, 15) is 0 Å². The van der Waals surface area contributed by atoms with Gasteiger partial charge in [-0.25, -0.2) is 0 Å². The van der Waals surface area contributed by atoms with E-state index in [-0.39, 0.29) is 0 Å². The topological polar surface area (TPSA) is 12.5 Å². The van der Waals surface area contributed by atoms with E-state index >= 15 is 0 Å². The van der Waals surface area contributed by atoms with Gasteiger partial charge in [0.05, 0.1) is 7.11 Å². The largest absolute Gasteiger partial charge is 0.496 e. The Labute approximate surface area is 104 Å². The fourth-order valence-corrected chi connectivity index (χ4v) is 2.13. The van der Waals surface area contributed by atoms with Gasteiger partial charge in [0.1, 0.15) is 5.75 Å². The molecule has 0 aliphatic heterocycles. The Morgan fingerprint density at radius 2 is 1.94 bits per heavy atom. The van der Waals surface area contributed by atoms with Gasteiger partial charge in [-0.1, -0.05) is 6.07 Å². The van der Waals surface area contributed by atoms with Crippen LogP contribution in [0, 0.1) is 13.8 Å². The zero-order chi connectivity index (χ0) is 12.1. The molecule has 0 bridgehead atoms. The van der Waals surface area contributed by atoms with Crippen LogP contribution in [0.15, 0.2) is 12.1 Å². The van der Waals surface area contributed by atoms with Gasteiger partial charge >= 0.3 is 0 Å². The molecular weight excluding hydrogens is 218 g/mol. The van der Waals surface area contributed by atoms with Crippen LogP contribution < -0.4 is 4.74 Å². The van der Waals surface area contributed by atoms with Crippen LogP contribution >= 0.6 is 12.6 Å². The van der Waals surface area contributed by atoms with Crippen molar-refractivity contribution in [1.29, 1.82) is 0 Å². The first-order valence-corrected chi connectivity index (χ1v) is 6.15. The standard InChI is InChI=1S/C13H21NOS/c1-10-11(2)13(15-4)6-5-12(10)9-14(3)7-8-16/h5-6,16H,7-9H2,1-4H3. The molecule has 0 amide bonds. The van der Waals surface area contributed by atoms with Crippen molar-refractivity contribution in [3.05, 3.63) is 28.8 Å². The molecule has 1 aromatic rings. The van der Waals surface area contributed by atoms with E-state index in [1.165, 1.54) is 16.7 Å². The van der Waals surface area contributed by atoms with Crippen molar-refractivity contribution < 1.29 is 4.74 Å². The van der Waals surface area contributed by atoms with Crippen LogP contribution in [0.5, 0.6) is 5.75 Å². The highest BCUT2D eigenvalue weighted by Gasteiger charge is 2.08. The Bertz CT molecular complexity index is 352. The van der Waals surface area contributed by atoms with Crippen molar-refractivity contribution in [3.8, 4) is 5.75 Å². The highest BCUT2D eigenvalue weighted by molar-refractivity contribution is 7.80. The number of ether oxygens (including phenoxy) is 1. The zero-order valence-electron chi connectivity index (χ0n) is 10.6. The summed E-state index contributed by atoms with van der Waals surface area (Å²) in [5, 5.41) is 0. The molecule has 1 aromatic carbocycles. The minimum atomic E-state index is 0.894. The molecular formula is C13H21NOS. The van der Waals surface area contributed by atoms with E-state index in [1.54, 1.807) is 7.11 Å². The summed E-state index contributed by atoms with van der Waals surface area (Å²) >= 11 is 4.24. The summed E-state index contributed by atoms with van der Waals surface area (Å²) in [7, 11) is 3.84. The summed E-state index contributed by atoms with van der Waals surface area (Å²) in [6.07, 6.45) is 0. The molecule has 0 unspecified atom stereocenters. The predicted molar refractivity (Wildman–Crippen MR) is 72.7 cm³/mol. The number of thiol groups is 1. The lowest BCUT2D eigenvalue weighted by Gasteiger charge is -2.18. The molecule has 0 saturated heterocycles. The van der Waals surface area contributed by atoms with Crippen molar-refractivity contribution in [2.45, 2.75) is 20.4 Å². The third-order valence-electron chi connectivity index (χ3n) is 2.99. The van der Waals surface area contributed by atoms with Gasteiger partial charge in [0, 0.05) is 18.8 Å². The highest BCUT2D eigenvalue weighted by Crippen LogP contribution is 2.24. The van der Waals surface area contributed by atoms with E-state index < -0.39 is 0 Å². The van der Waals surface area contributed by atoms with Crippen molar-refractivity contribution in [2.24, 2.45) is 0 Å². The summed E-state index contributed by atoms with van der Waals surface area (Å²) in [5.41, 5.74) is 3.92. The van der Waals surface area contributed by atoms with E-state index in [4.69, 9.17) is 4.74 Å². The quantitative estimate of drug-likeness (QED) is 0.793. The lowest BCUT2D eigenvalue weighted by molar-refractivity contribution is 0.347. The minimum absolute atomic E-state index is 0.894. The number of hydrogen-bond acceptors (Lipinski definition) is 3. The molecule has 16 heavy (non-hydrogen) atoms. The van der Waals surface area contributed by atoms with Crippen molar-refractivity contribution >= 4 is 12.6 Å². The monoisotopic (exact) mass is 239 g/mol. The van der Waals surface area contributed by atoms with Gasteiger partial charge in [-0.3, -0.25) is 0 Å². The minimum Gasteiger partial charge on any atom is -0.496 e. The van der Waals surface area contributed by atoms with Gasteiger partial charge in [0.2, 0.25) is 0 Å². The smallest absolute Gasteiger partial charge is 0.122 e.